The van der Waals surface area contributed by atoms with Crippen molar-refractivity contribution in [1.29, 1.82) is 0 Å². The summed E-state index contributed by atoms with van der Waals surface area (Å²) in [5.41, 5.74) is 1.56. The standard InChI is InChI=1S/C18H20FNO2/c19-18-9-2-1-5-14(18)12-20-15-6-3-7-16(11-15)22-13-17-8-4-10-21-17/h1-3,5-7,9,11,17,20H,4,8,10,12-13H2. The van der Waals surface area contributed by atoms with Crippen LogP contribution in [-0.4, -0.2) is 19.3 Å². The second-order valence-corrected chi connectivity index (χ2v) is 5.42. The van der Waals surface area contributed by atoms with Crippen LogP contribution in [0.4, 0.5) is 10.1 Å². The van der Waals surface area contributed by atoms with Crippen molar-refractivity contribution < 1.29 is 13.9 Å². The van der Waals surface area contributed by atoms with Crippen LogP contribution in [0.1, 0.15) is 18.4 Å². The van der Waals surface area contributed by atoms with Gasteiger partial charge in [0.25, 0.3) is 0 Å². The van der Waals surface area contributed by atoms with E-state index in [0.717, 1.165) is 30.9 Å². The van der Waals surface area contributed by atoms with E-state index in [0.29, 0.717) is 18.7 Å². The maximum Gasteiger partial charge on any atom is 0.128 e. The number of anilines is 1. The second kappa shape index (κ2) is 7.27. The van der Waals surface area contributed by atoms with Crippen LogP contribution in [-0.2, 0) is 11.3 Å². The molecule has 22 heavy (non-hydrogen) atoms. The average Bonchev–Trinajstić information content (AvgIpc) is 3.06. The molecule has 116 valence electrons. The summed E-state index contributed by atoms with van der Waals surface area (Å²) < 4.78 is 24.9. The largest absolute Gasteiger partial charge is 0.491 e. The Bertz CT molecular complexity index is 612. The summed E-state index contributed by atoms with van der Waals surface area (Å²) in [7, 11) is 0. The van der Waals surface area contributed by atoms with E-state index in [2.05, 4.69) is 5.32 Å². The summed E-state index contributed by atoms with van der Waals surface area (Å²) in [6.07, 6.45) is 2.37. The molecule has 4 heteroatoms. The van der Waals surface area contributed by atoms with E-state index in [4.69, 9.17) is 9.47 Å². The fourth-order valence-corrected chi connectivity index (χ4v) is 2.50. The molecule has 2 aromatic rings. The molecule has 1 saturated heterocycles. The summed E-state index contributed by atoms with van der Waals surface area (Å²) >= 11 is 0. The predicted molar refractivity (Wildman–Crippen MR) is 84.6 cm³/mol. The maximum atomic E-state index is 13.6. The predicted octanol–water partition coefficient (Wildman–Crippen LogP) is 4.00. The Morgan fingerprint density at radius 3 is 2.91 bits per heavy atom. The Kier molecular flexibility index (Phi) is 4.91. The smallest absolute Gasteiger partial charge is 0.128 e. The molecule has 1 atom stereocenters. The zero-order valence-corrected chi connectivity index (χ0v) is 12.4. The Labute approximate surface area is 130 Å². The minimum absolute atomic E-state index is 0.194. The van der Waals surface area contributed by atoms with Crippen LogP contribution in [0, 0.1) is 5.82 Å². The monoisotopic (exact) mass is 301 g/mol. The third kappa shape index (κ3) is 3.98. The first-order valence-corrected chi connectivity index (χ1v) is 7.63. The molecule has 1 aliphatic heterocycles. The van der Waals surface area contributed by atoms with E-state index in [-0.39, 0.29) is 11.9 Å². The maximum absolute atomic E-state index is 13.6. The zero-order valence-electron chi connectivity index (χ0n) is 12.4. The molecule has 1 unspecified atom stereocenters. The highest BCUT2D eigenvalue weighted by Crippen LogP contribution is 2.20. The first-order valence-electron chi connectivity index (χ1n) is 7.63. The summed E-state index contributed by atoms with van der Waals surface area (Å²) in [5, 5.41) is 3.22. The Morgan fingerprint density at radius 2 is 2.09 bits per heavy atom. The van der Waals surface area contributed by atoms with E-state index in [1.165, 1.54) is 6.07 Å². The van der Waals surface area contributed by atoms with Gasteiger partial charge in [-0.15, -0.1) is 0 Å². The van der Waals surface area contributed by atoms with Gasteiger partial charge in [-0.1, -0.05) is 24.3 Å². The van der Waals surface area contributed by atoms with Crippen LogP contribution in [0.25, 0.3) is 0 Å². The zero-order chi connectivity index (χ0) is 15.2. The van der Waals surface area contributed by atoms with E-state index in [1.54, 1.807) is 12.1 Å². The van der Waals surface area contributed by atoms with Crippen LogP contribution >= 0.6 is 0 Å². The lowest BCUT2D eigenvalue weighted by atomic mass is 10.2. The van der Waals surface area contributed by atoms with Gasteiger partial charge in [0, 0.05) is 30.5 Å². The van der Waals surface area contributed by atoms with Gasteiger partial charge in [0.1, 0.15) is 18.2 Å². The Balaban J connectivity index is 1.55. The van der Waals surface area contributed by atoms with Crippen molar-refractivity contribution in [3.8, 4) is 5.75 Å². The molecule has 3 rings (SSSR count). The van der Waals surface area contributed by atoms with E-state index < -0.39 is 0 Å². The Hall–Kier alpha value is -2.07. The molecular formula is C18H20FNO2. The number of hydrogen-bond acceptors (Lipinski definition) is 3. The molecule has 0 bridgehead atoms. The minimum atomic E-state index is -0.194. The minimum Gasteiger partial charge on any atom is -0.491 e. The molecule has 0 spiro atoms. The molecule has 1 heterocycles. The highest BCUT2D eigenvalue weighted by molar-refractivity contribution is 5.48. The topological polar surface area (TPSA) is 30.5 Å². The molecule has 0 aliphatic carbocycles. The van der Waals surface area contributed by atoms with Crippen molar-refractivity contribution in [3.05, 3.63) is 59.9 Å². The Morgan fingerprint density at radius 1 is 1.18 bits per heavy atom. The van der Waals surface area contributed by atoms with Crippen molar-refractivity contribution >= 4 is 5.69 Å². The van der Waals surface area contributed by atoms with Gasteiger partial charge in [-0.05, 0) is 31.0 Å². The average molecular weight is 301 g/mol. The van der Waals surface area contributed by atoms with Crippen molar-refractivity contribution in [1.82, 2.24) is 0 Å². The van der Waals surface area contributed by atoms with Gasteiger partial charge in [0.05, 0.1) is 6.10 Å². The number of ether oxygens (including phenoxy) is 2. The number of benzene rings is 2. The van der Waals surface area contributed by atoms with Crippen molar-refractivity contribution in [3.63, 3.8) is 0 Å². The molecular weight excluding hydrogens is 281 g/mol. The van der Waals surface area contributed by atoms with Crippen LogP contribution in [0.5, 0.6) is 5.75 Å². The van der Waals surface area contributed by atoms with Crippen LogP contribution in [0.15, 0.2) is 48.5 Å². The van der Waals surface area contributed by atoms with Crippen molar-refractivity contribution in [2.75, 3.05) is 18.5 Å². The third-order valence-electron chi connectivity index (χ3n) is 3.73. The second-order valence-electron chi connectivity index (χ2n) is 5.42. The molecule has 0 amide bonds. The number of hydrogen-bond donors (Lipinski definition) is 1. The number of nitrogens with one attached hydrogen (secondary N) is 1. The molecule has 2 aromatic carbocycles. The number of rotatable bonds is 6. The molecule has 0 saturated carbocycles. The lowest BCUT2D eigenvalue weighted by Gasteiger charge is -2.13. The summed E-state index contributed by atoms with van der Waals surface area (Å²) in [5.74, 6) is 0.606. The third-order valence-corrected chi connectivity index (χ3v) is 3.73. The van der Waals surface area contributed by atoms with Crippen LogP contribution in [0.3, 0.4) is 0 Å². The quantitative estimate of drug-likeness (QED) is 0.875. The van der Waals surface area contributed by atoms with Gasteiger partial charge in [-0.25, -0.2) is 4.39 Å². The summed E-state index contributed by atoms with van der Waals surface area (Å²) in [6.45, 7) is 1.86. The van der Waals surface area contributed by atoms with Gasteiger partial charge in [-0.3, -0.25) is 0 Å². The lowest BCUT2D eigenvalue weighted by Crippen LogP contribution is -2.16. The van der Waals surface area contributed by atoms with Gasteiger partial charge in [-0.2, -0.15) is 0 Å². The SMILES string of the molecule is Fc1ccccc1CNc1cccc(OCC2CCCO2)c1. The van der Waals surface area contributed by atoms with Gasteiger partial charge in [0.2, 0.25) is 0 Å². The van der Waals surface area contributed by atoms with Crippen molar-refractivity contribution in [2.24, 2.45) is 0 Å². The first kappa shape index (κ1) is 14.9. The van der Waals surface area contributed by atoms with Gasteiger partial charge in [0.15, 0.2) is 0 Å². The summed E-state index contributed by atoms with van der Waals surface area (Å²) in [6, 6.07) is 14.5. The fraction of sp³-hybridized carbons (Fsp3) is 0.333. The summed E-state index contributed by atoms with van der Waals surface area (Å²) in [4.78, 5) is 0. The van der Waals surface area contributed by atoms with E-state index in [1.807, 2.05) is 30.3 Å². The van der Waals surface area contributed by atoms with Crippen molar-refractivity contribution in [2.45, 2.75) is 25.5 Å². The number of halogens is 1. The highest BCUT2D eigenvalue weighted by atomic mass is 19.1. The lowest BCUT2D eigenvalue weighted by molar-refractivity contribution is 0.0680. The molecule has 0 aromatic heterocycles. The first-order chi connectivity index (χ1) is 10.8. The van der Waals surface area contributed by atoms with Gasteiger partial charge >= 0.3 is 0 Å². The molecule has 0 radical (unpaired) electrons. The fourth-order valence-electron chi connectivity index (χ4n) is 2.50. The molecule has 1 N–H and O–H groups in total. The molecule has 1 fully saturated rings. The van der Waals surface area contributed by atoms with E-state index >= 15 is 0 Å². The normalized spacial score (nSPS) is 17.4. The van der Waals surface area contributed by atoms with E-state index in [9.17, 15) is 4.39 Å². The van der Waals surface area contributed by atoms with Crippen LogP contribution < -0.4 is 10.1 Å². The molecule has 1 aliphatic rings. The molecule has 3 nitrogen and oxygen atoms in total. The highest BCUT2D eigenvalue weighted by Gasteiger charge is 2.15. The van der Waals surface area contributed by atoms with Gasteiger partial charge < -0.3 is 14.8 Å². The van der Waals surface area contributed by atoms with Crippen LogP contribution in [0.2, 0.25) is 0 Å².